The summed E-state index contributed by atoms with van der Waals surface area (Å²) in [6.07, 6.45) is 4.63. The van der Waals surface area contributed by atoms with Gasteiger partial charge >= 0.3 is 12.0 Å². The molecule has 0 spiro atoms. The van der Waals surface area contributed by atoms with Crippen molar-refractivity contribution in [3.8, 4) is 0 Å². The smallest absolute Gasteiger partial charge is 0.360 e. The molecule has 0 aromatic carbocycles. The van der Waals surface area contributed by atoms with E-state index in [-0.39, 0.29) is 5.69 Å². The number of hydrogen-bond donors (Lipinski definition) is 0. The molecule has 0 atom stereocenters. The average molecular weight is 247 g/mol. The number of carbonyl (C=O) groups excluding carboxylic acids is 1. The largest absolute Gasteiger partial charge is 0.461 e. The molecular formula is C12H13N3O3. The molecule has 2 rings (SSSR count). The van der Waals surface area contributed by atoms with Crippen molar-refractivity contribution >= 4 is 17.7 Å². The molecule has 0 saturated heterocycles. The number of nitrogens with zero attached hydrogens (tertiary/aromatic N) is 3. The number of hydrogen-bond acceptors (Lipinski definition) is 6. The van der Waals surface area contributed by atoms with Gasteiger partial charge in [-0.05, 0) is 19.1 Å². The molecule has 2 aromatic heterocycles. The summed E-state index contributed by atoms with van der Waals surface area (Å²) < 4.78 is 10.1. The number of anilines is 2. The van der Waals surface area contributed by atoms with Crippen molar-refractivity contribution < 1.29 is 13.9 Å². The number of rotatable bonds is 4. The molecule has 0 aliphatic heterocycles. The Labute approximate surface area is 104 Å². The van der Waals surface area contributed by atoms with E-state index >= 15 is 0 Å². The van der Waals surface area contributed by atoms with Gasteiger partial charge in [-0.3, -0.25) is 9.88 Å². The second kappa shape index (κ2) is 5.31. The van der Waals surface area contributed by atoms with Gasteiger partial charge in [0, 0.05) is 13.2 Å². The molecular weight excluding hydrogens is 234 g/mol. The van der Waals surface area contributed by atoms with Crippen molar-refractivity contribution in [1.29, 1.82) is 0 Å². The SMILES string of the molecule is CCOC(=O)c1coc(N(C)c2cccnc2)n1. The summed E-state index contributed by atoms with van der Waals surface area (Å²) in [5.41, 5.74) is 0.970. The molecule has 0 unspecified atom stereocenters. The first-order valence-corrected chi connectivity index (χ1v) is 5.48. The average Bonchev–Trinajstić information content (AvgIpc) is 2.89. The van der Waals surface area contributed by atoms with Gasteiger partial charge in [0.15, 0.2) is 5.69 Å². The van der Waals surface area contributed by atoms with E-state index in [1.807, 2.05) is 6.07 Å². The standard InChI is InChI=1S/C12H13N3O3/c1-3-17-11(16)10-8-18-12(14-10)15(2)9-5-4-6-13-7-9/h4-8H,3H2,1-2H3. The van der Waals surface area contributed by atoms with Crippen molar-refractivity contribution in [1.82, 2.24) is 9.97 Å². The van der Waals surface area contributed by atoms with Gasteiger partial charge in [0.1, 0.15) is 6.26 Å². The van der Waals surface area contributed by atoms with E-state index in [2.05, 4.69) is 9.97 Å². The van der Waals surface area contributed by atoms with Gasteiger partial charge in [0.2, 0.25) is 0 Å². The highest BCUT2D eigenvalue weighted by Crippen LogP contribution is 2.21. The van der Waals surface area contributed by atoms with Crippen LogP contribution in [0.25, 0.3) is 0 Å². The van der Waals surface area contributed by atoms with Crippen LogP contribution in [0.3, 0.4) is 0 Å². The first kappa shape index (κ1) is 12.1. The van der Waals surface area contributed by atoms with E-state index < -0.39 is 5.97 Å². The molecule has 2 aromatic rings. The van der Waals surface area contributed by atoms with Crippen LogP contribution in [0.4, 0.5) is 11.7 Å². The summed E-state index contributed by atoms with van der Waals surface area (Å²) in [5.74, 6) is -0.493. The summed E-state index contributed by atoms with van der Waals surface area (Å²) in [5, 5.41) is 0. The summed E-state index contributed by atoms with van der Waals surface area (Å²) in [7, 11) is 1.78. The minimum atomic E-state index is -0.493. The van der Waals surface area contributed by atoms with Gasteiger partial charge < -0.3 is 9.15 Å². The van der Waals surface area contributed by atoms with Crippen molar-refractivity contribution in [3.05, 3.63) is 36.5 Å². The van der Waals surface area contributed by atoms with Crippen LogP contribution in [0.2, 0.25) is 0 Å². The van der Waals surface area contributed by atoms with E-state index in [4.69, 9.17) is 9.15 Å². The second-order valence-corrected chi connectivity index (χ2v) is 3.51. The quantitative estimate of drug-likeness (QED) is 0.770. The molecule has 18 heavy (non-hydrogen) atoms. The zero-order chi connectivity index (χ0) is 13.0. The topological polar surface area (TPSA) is 68.5 Å². The molecule has 0 saturated carbocycles. The third-order valence-corrected chi connectivity index (χ3v) is 2.30. The molecule has 0 amide bonds. The molecule has 0 bridgehead atoms. The van der Waals surface area contributed by atoms with Crippen molar-refractivity contribution in [2.45, 2.75) is 6.92 Å². The summed E-state index contributed by atoms with van der Waals surface area (Å²) in [6, 6.07) is 3.98. The maximum Gasteiger partial charge on any atom is 0.360 e. The first-order valence-electron chi connectivity index (χ1n) is 5.48. The maximum atomic E-state index is 11.4. The Balaban J connectivity index is 2.17. The zero-order valence-corrected chi connectivity index (χ0v) is 10.2. The third-order valence-electron chi connectivity index (χ3n) is 2.30. The number of pyridine rings is 1. The van der Waals surface area contributed by atoms with Crippen LogP contribution in [-0.2, 0) is 4.74 Å². The Hall–Kier alpha value is -2.37. The van der Waals surface area contributed by atoms with Crippen LogP contribution in [0.15, 0.2) is 35.2 Å². The molecule has 2 heterocycles. The first-order chi connectivity index (χ1) is 8.72. The number of ether oxygens (including phenoxy) is 1. The Morgan fingerprint density at radius 3 is 3.06 bits per heavy atom. The molecule has 0 aliphatic rings. The van der Waals surface area contributed by atoms with Crippen LogP contribution in [0, 0.1) is 0 Å². The van der Waals surface area contributed by atoms with Gasteiger partial charge in [-0.15, -0.1) is 0 Å². The number of oxazole rings is 1. The fourth-order valence-electron chi connectivity index (χ4n) is 1.38. The second-order valence-electron chi connectivity index (χ2n) is 3.51. The van der Waals surface area contributed by atoms with Crippen LogP contribution >= 0.6 is 0 Å². The monoisotopic (exact) mass is 247 g/mol. The molecule has 0 fully saturated rings. The third kappa shape index (κ3) is 2.48. The summed E-state index contributed by atoms with van der Waals surface area (Å²) >= 11 is 0. The van der Waals surface area contributed by atoms with E-state index in [0.717, 1.165) is 5.69 Å². The maximum absolute atomic E-state index is 11.4. The molecule has 94 valence electrons. The molecule has 0 aliphatic carbocycles. The normalized spacial score (nSPS) is 10.1. The molecule has 6 nitrogen and oxygen atoms in total. The van der Waals surface area contributed by atoms with E-state index in [9.17, 15) is 4.79 Å². The fourth-order valence-corrected chi connectivity index (χ4v) is 1.38. The van der Waals surface area contributed by atoms with Crippen molar-refractivity contribution in [2.75, 3.05) is 18.6 Å². The molecule has 0 radical (unpaired) electrons. The minimum absolute atomic E-state index is 0.155. The van der Waals surface area contributed by atoms with Gasteiger partial charge in [-0.1, -0.05) is 0 Å². The molecule has 6 heteroatoms. The Morgan fingerprint density at radius 1 is 1.56 bits per heavy atom. The summed E-state index contributed by atoms with van der Waals surface area (Å²) in [4.78, 5) is 21.2. The van der Waals surface area contributed by atoms with E-state index in [1.54, 1.807) is 37.3 Å². The van der Waals surface area contributed by atoms with Gasteiger partial charge in [0.05, 0.1) is 18.5 Å². The predicted octanol–water partition coefficient (Wildman–Crippen LogP) is 2.01. The Kier molecular flexibility index (Phi) is 3.57. The van der Waals surface area contributed by atoms with Gasteiger partial charge in [-0.2, -0.15) is 4.98 Å². The molecule has 0 N–H and O–H groups in total. The Morgan fingerprint density at radius 2 is 2.39 bits per heavy atom. The number of aromatic nitrogens is 2. The van der Waals surface area contributed by atoms with Crippen LogP contribution in [0.1, 0.15) is 17.4 Å². The fraction of sp³-hybridized carbons (Fsp3) is 0.250. The number of carbonyl (C=O) groups is 1. The predicted molar refractivity (Wildman–Crippen MR) is 64.8 cm³/mol. The lowest BCUT2D eigenvalue weighted by Crippen LogP contribution is -2.11. The lowest BCUT2D eigenvalue weighted by Gasteiger charge is -2.12. The highest BCUT2D eigenvalue weighted by Gasteiger charge is 2.16. The Bertz CT molecular complexity index is 524. The minimum Gasteiger partial charge on any atom is -0.461 e. The van der Waals surface area contributed by atoms with Crippen molar-refractivity contribution in [2.24, 2.45) is 0 Å². The number of esters is 1. The van der Waals surface area contributed by atoms with Crippen LogP contribution in [-0.4, -0.2) is 29.6 Å². The highest BCUT2D eigenvalue weighted by molar-refractivity contribution is 5.87. The lowest BCUT2D eigenvalue weighted by molar-refractivity contribution is 0.0519. The zero-order valence-electron chi connectivity index (χ0n) is 10.2. The summed E-state index contributed by atoms with van der Waals surface area (Å²) in [6.45, 7) is 2.04. The van der Waals surface area contributed by atoms with E-state index in [0.29, 0.717) is 12.6 Å². The van der Waals surface area contributed by atoms with Crippen molar-refractivity contribution in [3.63, 3.8) is 0 Å². The lowest BCUT2D eigenvalue weighted by atomic mass is 10.4. The van der Waals surface area contributed by atoms with E-state index in [1.165, 1.54) is 6.26 Å². The van der Waals surface area contributed by atoms with Crippen LogP contribution < -0.4 is 4.90 Å². The highest BCUT2D eigenvalue weighted by atomic mass is 16.5. The van der Waals surface area contributed by atoms with Gasteiger partial charge in [-0.25, -0.2) is 4.79 Å². The van der Waals surface area contributed by atoms with Gasteiger partial charge in [0.25, 0.3) is 0 Å². The van der Waals surface area contributed by atoms with Crippen LogP contribution in [0.5, 0.6) is 0 Å².